The molecular weight excluding hydrogens is 1280 g/mol. The van der Waals surface area contributed by atoms with Gasteiger partial charge in [0.1, 0.15) is 57.0 Å². The van der Waals surface area contributed by atoms with Crippen molar-refractivity contribution in [1.82, 2.24) is 46.8 Å². The Morgan fingerprint density at radius 1 is 0.794 bits per heavy atom. The minimum absolute atomic E-state index is 0.0198. The van der Waals surface area contributed by atoms with Gasteiger partial charge in [0.15, 0.2) is 5.60 Å². The van der Waals surface area contributed by atoms with E-state index in [4.69, 9.17) is 49.6 Å². The molecule has 5 atom stereocenters. The molecule has 0 fully saturated rings. The van der Waals surface area contributed by atoms with Crippen molar-refractivity contribution in [2.45, 2.75) is 129 Å². The zero-order valence-corrected chi connectivity index (χ0v) is 54.5. The molecule has 2 aromatic heterocycles. The molecule has 0 saturated carbocycles. The number of anilines is 1. The number of ether oxygens (including phenoxy) is 7. The van der Waals surface area contributed by atoms with Crippen LogP contribution in [0.1, 0.15) is 111 Å². The summed E-state index contributed by atoms with van der Waals surface area (Å²) < 4.78 is 54.3. The molecule has 0 saturated heterocycles. The van der Waals surface area contributed by atoms with E-state index in [-0.39, 0.29) is 95.0 Å². The van der Waals surface area contributed by atoms with Crippen LogP contribution in [-0.2, 0) is 103 Å². The zero-order chi connectivity index (χ0) is 70.3. The molecule has 0 radical (unpaired) electrons. The second-order valence-corrected chi connectivity index (χ2v) is 23.4. The number of aliphatic hydroxyl groups is 1. The molecule has 32 nitrogen and oxygen atoms in total. The van der Waals surface area contributed by atoms with Crippen LogP contribution in [0.5, 0.6) is 0 Å². The summed E-state index contributed by atoms with van der Waals surface area (Å²) in [5.74, 6) is -7.37. The van der Waals surface area contributed by atoms with Crippen molar-refractivity contribution in [2.24, 2.45) is 17.4 Å². The van der Waals surface area contributed by atoms with E-state index in [0.29, 0.717) is 103 Å². The number of carbonyl (C=O) groups excluding carboxylic acids is 9. The van der Waals surface area contributed by atoms with Gasteiger partial charge in [-0.1, -0.05) is 32.9 Å². The third-order valence-corrected chi connectivity index (χ3v) is 16.3. The van der Waals surface area contributed by atoms with Crippen molar-refractivity contribution in [2.75, 3.05) is 91.1 Å². The zero-order valence-electron chi connectivity index (χ0n) is 54.5. The van der Waals surface area contributed by atoms with E-state index in [0.717, 1.165) is 0 Å². The van der Waals surface area contributed by atoms with Crippen molar-refractivity contribution >= 4 is 76.1 Å². The molecule has 0 spiro atoms. The number of hydrogen-bond donors (Lipinski definition) is 12. The molecule has 97 heavy (non-hydrogen) atoms. The second-order valence-electron chi connectivity index (χ2n) is 23.4. The number of aromatic nitrogens is 2. The lowest BCUT2D eigenvalue weighted by Gasteiger charge is -2.31. The summed E-state index contributed by atoms with van der Waals surface area (Å²) in [6, 6.07) is 3.56. The largest absolute Gasteiger partial charge is 0.481 e. The third-order valence-electron chi connectivity index (χ3n) is 16.3. The van der Waals surface area contributed by atoms with Gasteiger partial charge in [0.05, 0.1) is 87.9 Å². The smallest absolute Gasteiger partial charge is 0.407 e. The van der Waals surface area contributed by atoms with Crippen LogP contribution in [0.4, 0.5) is 19.7 Å². The van der Waals surface area contributed by atoms with Gasteiger partial charge >= 0.3 is 24.1 Å². The number of rotatable bonds is 39. The Hall–Kier alpha value is -9.25. The van der Waals surface area contributed by atoms with Gasteiger partial charge < -0.3 is 102 Å². The van der Waals surface area contributed by atoms with Crippen molar-refractivity contribution in [1.29, 1.82) is 0 Å². The number of nitrogens with two attached hydrogens (primary N) is 2. The molecule has 0 unspecified atom stereocenters. The minimum atomic E-state index is -2.07. The number of urea groups is 1. The van der Waals surface area contributed by atoms with E-state index in [1.807, 2.05) is 0 Å². The summed E-state index contributed by atoms with van der Waals surface area (Å²) in [6.07, 6.45) is -1.13. The number of pyridine rings is 2. The molecule has 9 amide bonds. The van der Waals surface area contributed by atoms with Crippen LogP contribution < -0.4 is 59.6 Å². The number of nitrogens with zero attached hydrogens (tertiary/aromatic N) is 2. The molecule has 3 aliphatic rings. The number of alkyl carbamates (subject to hydrolysis) is 1. The summed E-state index contributed by atoms with van der Waals surface area (Å²) in [7, 11) is 0. The van der Waals surface area contributed by atoms with E-state index in [1.165, 1.54) is 34.9 Å². The van der Waals surface area contributed by atoms with Gasteiger partial charge in [-0.3, -0.25) is 38.4 Å². The number of nitrogens with one attached hydrogen (secondary N) is 8. The molecule has 528 valence electrons. The fourth-order valence-corrected chi connectivity index (χ4v) is 11.2. The summed E-state index contributed by atoms with van der Waals surface area (Å²) in [5, 5.41) is 42.0. The lowest BCUT2D eigenvalue weighted by atomic mass is 9.81. The van der Waals surface area contributed by atoms with Gasteiger partial charge in [-0.15, -0.1) is 0 Å². The number of aryl methyl sites for hydroxylation is 1. The molecule has 7 rings (SSSR count). The molecular formula is C64H85FN12O20. The molecule has 4 heterocycles. The summed E-state index contributed by atoms with van der Waals surface area (Å²) >= 11 is 0. The Morgan fingerprint density at radius 2 is 1.47 bits per heavy atom. The molecule has 1 aliphatic carbocycles. The Morgan fingerprint density at radius 3 is 2.13 bits per heavy atom. The van der Waals surface area contributed by atoms with E-state index < -0.39 is 133 Å². The topological polar surface area (TPSA) is 459 Å². The number of cyclic esters (lactones) is 1. The highest BCUT2D eigenvalue weighted by molar-refractivity contribution is 5.99. The van der Waals surface area contributed by atoms with Gasteiger partial charge in [0.2, 0.25) is 35.4 Å². The third kappa shape index (κ3) is 20.6. The summed E-state index contributed by atoms with van der Waals surface area (Å²) in [5.41, 5.74) is 12.3. The predicted molar refractivity (Wildman–Crippen MR) is 342 cm³/mol. The van der Waals surface area contributed by atoms with E-state index in [9.17, 15) is 63.0 Å². The quantitative estimate of drug-likeness (QED) is 0.0144. The first-order valence-corrected chi connectivity index (χ1v) is 31.9. The maximum absolute atomic E-state index is 15.4. The number of hydrogen-bond acceptors (Lipinski definition) is 21. The fraction of sp³-hybridized carbons (Fsp3) is 0.531. The number of carbonyl (C=O) groups is 10. The predicted octanol–water partition coefficient (Wildman–Crippen LogP) is 0.425. The fourth-order valence-electron chi connectivity index (χ4n) is 11.2. The number of esters is 1. The monoisotopic (exact) mass is 1360 g/mol. The average Bonchev–Trinajstić information content (AvgIpc) is 1.61. The normalized spacial score (nSPS) is 15.9. The standard InChI is InChI=1S/C64H85FN12O20/c1-5-64(90)42-27-48-56-40(30-77(48)60(86)41(42)32-96-61(64)87)54-44(13-12-39-36(4)43(65)28-47(74-56)53(39)54)72-51(80)33-95-34-70-50(79)29-69-63(89)97-31-37-8-10-38(11-9-37)71-57(83)45(7-6-18-68-62(67)88)75-59(85)55(35(2)3)76-58(84)46(14-15-52(81)82)73-49(78)16-19-91-21-23-93-25-26-94-24-22-92-20-17-66/h8-11,27-28,35,44-46,55,90H,5-7,12-26,29-34,66H2,1-4H3,(H,69,89)(H,70,79)(H,71,83)(H,72,80)(H,73,78)(H,75,85)(H,76,84)(H,81,82)(H3,67,68,88)/t44-,45-,46+,55-,64-/m0/s1. The molecule has 33 heteroatoms. The molecule has 4 aromatic rings. The Kier molecular flexibility index (Phi) is 28.0. The minimum Gasteiger partial charge on any atom is -0.481 e. The molecule has 2 aliphatic heterocycles. The Labute approximate surface area is 556 Å². The maximum atomic E-state index is 15.4. The first-order valence-electron chi connectivity index (χ1n) is 31.9. The highest BCUT2D eigenvalue weighted by Crippen LogP contribution is 2.46. The lowest BCUT2D eigenvalue weighted by Crippen LogP contribution is -2.58. The van der Waals surface area contributed by atoms with Crippen LogP contribution >= 0.6 is 0 Å². The number of aliphatic carboxylic acids is 1. The number of primary amides is 1. The van der Waals surface area contributed by atoms with Crippen molar-refractivity contribution < 1.29 is 95.7 Å². The maximum Gasteiger partial charge on any atom is 0.407 e. The van der Waals surface area contributed by atoms with Crippen LogP contribution in [0.3, 0.4) is 0 Å². The number of benzene rings is 2. The van der Waals surface area contributed by atoms with Crippen molar-refractivity contribution in [3.63, 3.8) is 0 Å². The first-order chi connectivity index (χ1) is 46.4. The Bertz CT molecular complexity index is 3590. The van der Waals surface area contributed by atoms with Crippen LogP contribution in [-0.4, -0.2) is 183 Å². The molecule has 2 aromatic carbocycles. The summed E-state index contributed by atoms with van der Waals surface area (Å²) in [4.78, 5) is 148. The van der Waals surface area contributed by atoms with Crippen LogP contribution in [0.15, 0.2) is 41.2 Å². The van der Waals surface area contributed by atoms with Gasteiger partial charge in [-0.05, 0) is 91.8 Å². The van der Waals surface area contributed by atoms with E-state index in [1.54, 1.807) is 33.8 Å². The van der Waals surface area contributed by atoms with Gasteiger partial charge in [0, 0.05) is 54.2 Å². The Balaban J connectivity index is 0.845. The lowest BCUT2D eigenvalue weighted by molar-refractivity contribution is -0.172. The highest BCUT2D eigenvalue weighted by atomic mass is 19.1. The second kappa shape index (κ2) is 36.2. The molecule has 14 N–H and O–H groups in total. The number of carboxylic acids is 1. The van der Waals surface area contributed by atoms with Crippen molar-refractivity contribution in [3.8, 4) is 11.4 Å². The van der Waals surface area contributed by atoms with Gasteiger partial charge in [-0.25, -0.2) is 23.8 Å². The number of carboxylic acid groups (broad SMARTS) is 1. The SMILES string of the molecule is CC[C@@]1(O)C(=O)OCc2c1cc1n(c2=O)Cc2c-1nc1cc(F)c(C)c3c1c2[C@@H](NC(=O)COCNC(=O)CNC(=O)OCc1ccc(NC(=O)[C@H](CCCNC(N)=O)NC(=O)[C@@H](NC(=O)[C@@H](CCC(=O)O)NC(=O)CCOCCOCCOCCOCCN)C(C)C)cc1)CC3. The first kappa shape index (κ1) is 75.1. The van der Waals surface area contributed by atoms with Gasteiger partial charge in [0.25, 0.3) is 5.56 Å². The number of amides is 9. The van der Waals surface area contributed by atoms with Crippen LogP contribution in [0.25, 0.3) is 22.3 Å². The van der Waals surface area contributed by atoms with Crippen molar-refractivity contribution in [3.05, 3.63) is 91.5 Å². The van der Waals surface area contributed by atoms with Crippen LogP contribution in [0.2, 0.25) is 0 Å². The number of halogens is 1. The molecule has 0 bridgehead atoms. The highest BCUT2D eigenvalue weighted by Gasteiger charge is 2.46. The average molecular weight is 1360 g/mol. The van der Waals surface area contributed by atoms with E-state index in [2.05, 4.69) is 42.5 Å². The van der Waals surface area contributed by atoms with Gasteiger partial charge in [-0.2, -0.15) is 0 Å². The van der Waals surface area contributed by atoms with E-state index >= 15 is 4.39 Å². The number of fused-ring (bicyclic) bond motifs is 5. The van der Waals surface area contributed by atoms with Crippen LogP contribution in [0, 0.1) is 18.7 Å². The summed E-state index contributed by atoms with van der Waals surface area (Å²) in [6.45, 7) is 7.18.